The van der Waals surface area contributed by atoms with Gasteiger partial charge in [-0.15, -0.1) is 0 Å². The minimum absolute atomic E-state index is 0.0930. The van der Waals surface area contributed by atoms with Crippen LogP contribution in [0.1, 0.15) is 84.3 Å². The number of hydrogen-bond donors (Lipinski definition) is 7. The molecule has 57 heavy (non-hydrogen) atoms. The van der Waals surface area contributed by atoms with Gasteiger partial charge in [0, 0.05) is 20.0 Å². The van der Waals surface area contributed by atoms with Crippen molar-refractivity contribution in [1.82, 2.24) is 36.8 Å². The molecule has 1 aliphatic heterocycles. The largest absolute Gasteiger partial charge is 0.480 e. The maximum absolute atomic E-state index is 14.2. The van der Waals surface area contributed by atoms with Gasteiger partial charge in [-0.05, 0) is 62.0 Å². The first-order valence-electron chi connectivity index (χ1n) is 20.0. The number of aryl methyl sites for hydroxylation is 1. The average Bonchev–Trinajstić information content (AvgIpc) is 3.21. The third-order valence-corrected chi connectivity index (χ3v) is 10.8. The summed E-state index contributed by atoms with van der Waals surface area (Å²) in [5.41, 5.74) is 1.74. The monoisotopic (exact) mass is 791 g/mol. The molecule has 0 saturated carbocycles. The normalized spacial score (nSPS) is 23.5. The number of benzene rings is 2. The molecule has 7 N–H and O–H groups in total. The zero-order valence-corrected chi connectivity index (χ0v) is 34.0. The van der Waals surface area contributed by atoms with Crippen molar-refractivity contribution in [3.8, 4) is 0 Å². The quantitative estimate of drug-likeness (QED) is 0.169. The highest BCUT2D eigenvalue weighted by Crippen LogP contribution is 2.15. The third kappa shape index (κ3) is 14.2. The van der Waals surface area contributed by atoms with Crippen LogP contribution >= 0.6 is 0 Å². The molecule has 0 aromatic heterocycles. The Kier molecular flexibility index (Phi) is 18.5. The molecule has 3 rings (SSSR count). The van der Waals surface area contributed by atoms with Crippen molar-refractivity contribution in [3.63, 3.8) is 0 Å². The van der Waals surface area contributed by atoms with Crippen molar-refractivity contribution in [1.29, 1.82) is 0 Å². The Morgan fingerprint density at radius 2 is 1.42 bits per heavy atom. The summed E-state index contributed by atoms with van der Waals surface area (Å²) in [6, 6.07) is 11.2. The zero-order chi connectivity index (χ0) is 42.1. The molecule has 1 aliphatic rings. The molecule has 15 heteroatoms. The van der Waals surface area contributed by atoms with Gasteiger partial charge in [0.2, 0.25) is 29.5 Å². The lowest BCUT2D eigenvalue weighted by atomic mass is 9.96. The van der Waals surface area contributed by atoms with Crippen LogP contribution in [-0.2, 0) is 41.6 Å². The molecule has 1 heterocycles. The maximum atomic E-state index is 14.2. The highest BCUT2D eigenvalue weighted by atomic mass is 16.4. The fourth-order valence-corrected chi connectivity index (χ4v) is 6.50. The number of carbonyl (C=O) groups excluding carboxylic acids is 6. The van der Waals surface area contributed by atoms with Crippen LogP contribution in [0, 0.1) is 11.8 Å². The van der Waals surface area contributed by atoms with E-state index in [1.165, 1.54) is 11.9 Å². The molecule has 2 aromatic carbocycles. The van der Waals surface area contributed by atoms with E-state index >= 15 is 0 Å². The number of likely N-dealkylation sites (N-methyl/N-ethyl adjacent to an activating group) is 1. The van der Waals surface area contributed by atoms with Gasteiger partial charge in [0.05, 0.1) is 0 Å². The van der Waals surface area contributed by atoms with Crippen molar-refractivity contribution >= 4 is 41.5 Å². The van der Waals surface area contributed by atoms with Crippen LogP contribution in [0.2, 0.25) is 0 Å². The van der Waals surface area contributed by atoms with E-state index in [2.05, 4.69) is 31.9 Å². The Bertz CT molecular complexity index is 1660. The second-order valence-corrected chi connectivity index (χ2v) is 15.0. The zero-order valence-electron chi connectivity index (χ0n) is 34.0. The molecule has 0 unspecified atom stereocenters. The predicted molar refractivity (Wildman–Crippen MR) is 216 cm³/mol. The molecule has 2 aromatic rings. The summed E-state index contributed by atoms with van der Waals surface area (Å²) in [5, 5.41) is 26.2. The number of rotatable bonds is 12. The van der Waals surface area contributed by atoms with Crippen LogP contribution in [0.4, 0.5) is 4.79 Å². The predicted octanol–water partition coefficient (Wildman–Crippen LogP) is 2.68. The molecule has 0 bridgehead atoms. The summed E-state index contributed by atoms with van der Waals surface area (Å²) in [6.07, 6.45) is 2.58. The van der Waals surface area contributed by atoms with E-state index in [0.29, 0.717) is 32.1 Å². The van der Waals surface area contributed by atoms with Crippen LogP contribution in [0.5, 0.6) is 0 Å². The average molecular weight is 792 g/mol. The number of urea groups is 1. The number of aliphatic carboxylic acids is 1. The Hall–Kier alpha value is -5.47. The van der Waals surface area contributed by atoms with Gasteiger partial charge in [-0.1, -0.05) is 101 Å². The molecule has 0 radical (unpaired) electrons. The fourth-order valence-electron chi connectivity index (χ4n) is 6.50. The fraction of sp³-hybridized carbons (Fsp3) is 0.548. The van der Waals surface area contributed by atoms with Crippen molar-refractivity contribution in [2.75, 3.05) is 13.6 Å². The van der Waals surface area contributed by atoms with Crippen LogP contribution < -0.4 is 31.9 Å². The van der Waals surface area contributed by atoms with Crippen molar-refractivity contribution < 1.29 is 38.7 Å². The second kappa shape index (κ2) is 22.9. The summed E-state index contributed by atoms with van der Waals surface area (Å²) in [4.78, 5) is 96.0. The molecule has 312 valence electrons. The molecule has 15 nitrogen and oxygen atoms in total. The summed E-state index contributed by atoms with van der Waals surface area (Å²) in [5.74, 6) is -4.82. The number of hydrogen-bond acceptors (Lipinski definition) is 7. The topological polar surface area (TPSA) is 215 Å². The number of nitrogens with one attached hydrogen (secondary N) is 6. The molecule has 1 saturated heterocycles. The Labute approximate surface area is 335 Å². The van der Waals surface area contributed by atoms with E-state index in [9.17, 15) is 38.7 Å². The molecular weight excluding hydrogens is 731 g/mol. The van der Waals surface area contributed by atoms with E-state index in [1.807, 2.05) is 67.6 Å². The van der Waals surface area contributed by atoms with Crippen molar-refractivity contribution in [2.45, 2.75) is 122 Å². The van der Waals surface area contributed by atoms with Crippen LogP contribution in [0.15, 0.2) is 60.7 Å². The van der Waals surface area contributed by atoms with Gasteiger partial charge < -0.3 is 41.9 Å². The highest BCUT2D eigenvalue weighted by molar-refractivity contribution is 5.96. The first kappa shape index (κ1) is 45.9. The maximum Gasteiger partial charge on any atom is 0.326 e. The molecule has 0 aliphatic carbocycles. The van der Waals surface area contributed by atoms with Gasteiger partial charge in [0.15, 0.2) is 0 Å². The molecule has 0 spiro atoms. The first-order chi connectivity index (χ1) is 27.2. The van der Waals surface area contributed by atoms with E-state index in [4.69, 9.17) is 0 Å². The van der Waals surface area contributed by atoms with Crippen LogP contribution in [-0.4, -0.2) is 101 Å². The first-order valence-corrected chi connectivity index (χ1v) is 20.0. The minimum atomic E-state index is -1.22. The van der Waals surface area contributed by atoms with Crippen molar-refractivity contribution in [2.24, 2.45) is 11.8 Å². The van der Waals surface area contributed by atoms with E-state index in [0.717, 1.165) is 11.1 Å². The number of nitrogens with zero attached hydrogens (tertiary/aromatic N) is 1. The summed E-state index contributed by atoms with van der Waals surface area (Å²) >= 11 is 0. The lowest BCUT2D eigenvalue weighted by Gasteiger charge is -2.32. The Balaban J connectivity index is 2.00. The SMILES string of the molecule is CC[C@H](C)[C@H](NC(=O)N[C@@H]1CCCCNC(=O)[C@H](Cc2ccccc2)NC(=O)[C@H](C)N(C)C(=O)[C@H](CCc2ccccc2)NC(=O)[C@H]([C@@H](C)CC)NC1=O)C(=O)O. The molecule has 7 amide bonds. The van der Waals surface area contributed by atoms with E-state index in [1.54, 1.807) is 27.7 Å². The number of carbonyl (C=O) groups is 7. The highest BCUT2D eigenvalue weighted by Gasteiger charge is 2.36. The van der Waals surface area contributed by atoms with Gasteiger partial charge in [-0.25, -0.2) is 9.59 Å². The Morgan fingerprint density at radius 3 is 2.02 bits per heavy atom. The molecule has 1 fully saturated rings. The van der Waals surface area contributed by atoms with E-state index < -0.39 is 89.6 Å². The summed E-state index contributed by atoms with van der Waals surface area (Å²) in [7, 11) is 1.47. The Morgan fingerprint density at radius 1 is 0.807 bits per heavy atom. The minimum Gasteiger partial charge on any atom is -0.480 e. The molecular formula is C42H61N7O8. The number of amides is 7. The van der Waals surface area contributed by atoms with Crippen LogP contribution in [0.3, 0.4) is 0 Å². The second-order valence-electron chi connectivity index (χ2n) is 15.0. The smallest absolute Gasteiger partial charge is 0.326 e. The third-order valence-electron chi connectivity index (χ3n) is 10.8. The van der Waals surface area contributed by atoms with Gasteiger partial charge in [0.25, 0.3) is 0 Å². The van der Waals surface area contributed by atoms with E-state index in [-0.39, 0.29) is 25.8 Å². The number of carboxylic acid groups (broad SMARTS) is 1. The van der Waals surface area contributed by atoms with Crippen LogP contribution in [0.25, 0.3) is 0 Å². The van der Waals surface area contributed by atoms with Crippen molar-refractivity contribution in [3.05, 3.63) is 71.8 Å². The molecule has 8 atom stereocenters. The number of carboxylic acids is 1. The lowest BCUT2D eigenvalue weighted by molar-refractivity contribution is -0.142. The summed E-state index contributed by atoms with van der Waals surface area (Å²) < 4.78 is 0. The standard InChI is InChI=1S/C42H61N7O8/c1-7-26(3)34-39(53)44-32(23-22-29-17-11-9-12-18-29)40(54)49(6)28(5)36(50)45-33(25-30-19-13-10-14-20-30)37(51)43-24-16-15-21-31(38(52)47-34)46-42(57)48-35(41(55)56)27(4)8-2/h9-14,17-20,26-28,31-35H,7-8,15-16,21-25H2,1-6H3,(H,43,51)(H,44,53)(H,45,50)(H,47,52)(H,55,56)(H2,46,48,57)/t26-,27-,28-,31+,32-,33-,34-,35-/m0/s1. The lowest BCUT2D eigenvalue weighted by Crippen LogP contribution is -2.60. The van der Waals surface area contributed by atoms with Gasteiger partial charge in [-0.3, -0.25) is 24.0 Å². The van der Waals surface area contributed by atoms with Gasteiger partial charge >= 0.3 is 12.0 Å². The van der Waals surface area contributed by atoms with Gasteiger partial charge in [0.1, 0.15) is 36.3 Å². The van der Waals surface area contributed by atoms with Gasteiger partial charge in [-0.2, -0.15) is 0 Å². The summed E-state index contributed by atoms with van der Waals surface area (Å²) in [6.45, 7) is 8.87.